The average Bonchev–Trinajstić information content (AvgIpc) is 2.87. The molecule has 1 atom stereocenters. The standard InChI is InChI=1S/C15H21NO3S/c1-3-10(2)16(8-14(17)18)15(19)12-9-20-13-7-5-4-6-11(12)13/h9-10H,3-8H2,1-2H3,(H,17,18). The molecule has 2 rings (SSSR count). The monoisotopic (exact) mass is 295 g/mol. The summed E-state index contributed by atoms with van der Waals surface area (Å²) in [5, 5.41) is 10.9. The summed E-state index contributed by atoms with van der Waals surface area (Å²) in [5.74, 6) is -1.08. The highest BCUT2D eigenvalue weighted by Gasteiger charge is 2.27. The first-order valence-corrected chi connectivity index (χ1v) is 8.04. The van der Waals surface area contributed by atoms with Crippen LogP contribution in [0.5, 0.6) is 0 Å². The van der Waals surface area contributed by atoms with Crippen molar-refractivity contribution in [2.24, 2.45) is 0 Å². The molecular weight excluding hydrogens is 274 g/mol. The van der Waals surface area contributed by atoms with Gasteiger partial charge >= 0.3 is 5.97 Å². The van der Waals surface area contributed by atoms with E-state index in [4.69, 9.17) is 5.11 Å². The fraction of sp³-hybridized carbons (Fsp3) is 0.600. The van der Waals surface area contributed by atoms with Gasteiger partial charge in [0.1, 0.15) is 6.54 Å². The summed E-state index contributed by atoms with van der Waals surface area (Å²) in [7, 11) is 0. The van der Waals surface area contributed by atoms with Crippen LogP contribution in [0.25, 0.3) is 0 Å². The molecule has 4 nitrogen and oxygen atoms in total. The van der Waals surface area contributed by atoms with Gasteiger partial charge < -0.3 is 10.0 Å². The maximum atomic E-state index is 12.7. The topological polar surface area (TPSA) is 57.6 Å². The zero-order valence-corrected chi connectivity index (χ0v) is 12.8. The van der Waals surface area contributed by atoms with E-state index in [1.165, 1.54) is 16.2 Å². The summed E-state index contributed by atoms with van der Waals surface area (Å²) < 4.78 is 0. The maximum Gasteiger partial charge on any atom is 0.323 e. The fourth-order valence-electron chi connectivity index (χ4n) is 2.62. The molecule has 5 heteroatoms. The highest BCUT2D eigenvalue weighted by atomic mass is 32.1. The van der Waals surface area contributed by atoms with Crippen LogP contribution in [-0.2, 0) is 17.6 Å². The predicted octanol–water partition coefficient (Wildman–Crippen LogP) is 2.95. The van der Waals surface area contributed by atoms with Gasteiger partial charge in [-0.3, -0.25) is 9.59 Å². The number of aryl methyl sites for hydroxylation is 1. The number of nitrogens with zero attached hydrogens (tertiary/aromatic N) is 1. The minimum absolute atomic E-state index is 0.0576. The summed E-state index contributed by atoms with van der Waals surface area (Å²) in [4.78, 5) is 26.5. The van der Waals surface area contributed by atoms with Crippen molar-refractivity contribution in [3.8, 4) is 0 Å². The third-order valence-electron chi connectivity index (χ3n) is 3.98. The molecule has 1 N–H and O–H groups in total. The number of aliphatic carboxylic acids is 1. The smallest absolute Gasteiger partial charge is 0.323 e. The summed E-state index contributed by atoms with van der Waals surface area (Å²) >= 11 is 1.64. The molecular formula is C15H21NO3S. The molecule has 0 spiro atoms. The second kappa shape index (κ2) is 6.39. The lowest BCUT2D eigenvalue weighted by atomic mass is 9.95. The highest BCUT2D eigenvalue weighted by molar-refractivity contribution is 7.10. The Morgan fingerprint density at radius 3 is 2.75 bits per heavy atom. The largest absolute Gasteiger partial charge is 0.480 e. The molecule has 1 aliphatic carbocycles. The Bertz CT molecular complexity index is 509. The van der Waals surface area contributed by atoms with E-state index in [9.17, 15) is 9.59 Å². The van der Waals surface area contributed by atoms with E-state index in [2.05, 4.69) is 0 Å². The van der Waals surface area contributed by atoms with Crippen LogP contribution in [0, 0.1) is 0 Å². The van der Waals surface area contributed by atoms with Gasteiger partial charge in [-0.25, -0.2) is 0 Å². The second-order valence-electron chi connectivity index (χ2n) is 5.34. The van der Waals surface area contributed by atoms with Gasteiger partial charge in [-0.15, -0.1) is 11.3 Å². The van der Waals surface area contributed by atoms with Crippen molar-refractivity contribution >= 4 is 23.2 Å². The molecule has 1 amide bonds. The first kappa shape index (κ1) is 15.0. The zero-order valence-electron chi connectivity index (χ0n) is 12.0. The van der Waals surface area contributed by atoms with E-state index in [1.807, 2.05) is 19.2 Å². The number of hydrogen-bond donors (Lipinski definition) is 1. The van der Waals surface area contributed by atoms with Crippen LogP contribution in [-0.4, -0.2) is 34.5 Å². The molecule has 110 valence electrons. The van der Waals surface area contributed by atoms with Crippen molar-refractivity contribution in [1.82, 2.24) is 4.90 Å². The average molecular weight is 295 g/mol. The third-order valence-corrected chi connectivity index (χ3v) is 5.07. The van der Waals surface area contributed by atoms with Gasteiger partial charge in [0.05, 0.1) is 5.56 Å². The van der Waals surface area contributed by atoms with Crippen LogP contribution in [0.2, 0.25) is 0 Å². The number of carboxylic acid groups (broad SMARTS) is 1. The molecule has 1 unspecified atom stereocenters. The van der Waals surface area contributed by atoms with Crippen molar-refractivity contribution in [2.45, 2.75) is 52.0 Å². The number of hydrogen-bond acceptors (Lipinski definition) is 3. The first-order valence-electron chi connectivity index (χ1n) is 7.16. The van der Waals surface area contributed by atoms with Crippen LogP contribution in [0.4, 0.5) is 0 Å². The molecule has 0 aliphatic heterocycles. The number of carbonyl (C=O) groups excluding carboxylic acids is 1. The molecule has 20 heavy (non-hydrogen) atoms. The lowest BCUT2D eigenvalue weighted by Crippen LogP contribution is -2.42. The molecule has 1 heterocycles. The van der Waals surface area contributed by atoms with Crippen LogP contribution in [0.1, 0.15) is 53.9 Å². The van der Waals surface area contributed by atoms with Crippen molar-refractivity contribution < 1.29 is 14.7 Å². The van der Waals surface area contributed by atoms with E-state index in [-0.39, 0.29) is 18.5 Å². The lowest BCUT2D eigenvalue weighted by Gasteiger charge is -2.27. The van der Waals surface area contributed by atoms with Gasteiger partial charge in [-0.05, 0) is 44.6 Å². The van der Waals surface area contributed by atoms with Crippen LogP contribution in [0.3, 0.4) is 0 Å². The second-order valence-corrected chi connectivity index (χ2v) is 6.31. The quantitative estimate of drug-likeness (QED) is 0.908. The summed E-state index contributed by atoms with van der Waals surface area (Å²) in [6.45, 7) is 3.65. The molecule has 1 aromatic heterocycles. The van der Waals surface area contributed by atoms with E-state index in [1.54, 1.807) is 11.3 Å². The Labute approximate surface area is 123 Å². The van der Waals surface area contributed by atoms with Crippen molar-refractivity contribution in [1.29, 1.82) is 0 Å². The van der Waals surface area contributed by atoms with Gasteiger partial charge in [0.2, 0.25) is 0 Å². The Balaban J connectivity index is 2.27. The predicted molar refractivity (Wildman–Crippen MR) is 79.4 cm³/mol. The van der Waals surface area contributed by atoms with Crippen LogP contribution >= 0.6 is 11.3 Å². The van der Waals surface area contributed by atoms with E-state index in [0.29, 0.717) is 0 Å². The molecule has 0 radical (unpaired) electrons. The van der Waals surface area contributed by atoms with Gasteiger partial charge in [0.25, 0.3) is 5.91 Å². The molecule has 0 fully saturated rings. The van der Waals surface area contributed by atoms with E-state index in [0.717, 1.165) is 36.8 Å². The van der Waals surface area contributed by atoms with Crippen molar-refractivity contribution in [2.75, 3.05) is 6.54 Å². The Morgan fingerprint density at radius 2 is 2.10 bits per heavy atom. The number of carboxylic acids is 1. The Morgan fingerprint density at radius 1 is 1.40 bits per heavy atom. The molecule has 1 aromatic rings. The van der Waals surface area contributed by atoms with Crippen molar-refractivity contribution in [3.63, 3.8) is 0 Å². The zero-order chi connectivity index (χ0) is 14.7. The van der Waals surface area contributed by atoms with Crippen LogP contribution in [0.15, 0.2) is 5.38 Å². The van der Waals surface area contributed by atoms with Crippen LogP contribution < -0.4 is 0 Å². The molecule has 0 aromatic carbocycles. The highest BCUT2D eigenvalue weighted by Crippen LogP contribution is 2.31. The summed E-state index contributed by atoms with van der Waals surface area (Å²) in [6.07, 6.45) is 5.06. The molecule has 0 bridgehead atoms. The SMILES string of the molecule is CCC(C)N(CC(=O)O)C(=O)c1csc2c1CCCC2. The number of thiophene rings is 1. The number of rotatable bonds is 5. The lowest BCUT2D eigenvalue weighted by molar-refractivity contribution is -0.138. The molecule has 0 saturated heterocycles. The van der Waals surface area contributed by atoms with Gasteiger partial charge in [-0.2, -0.15) is 0 Å². The van der Waals surface area contributed by atoms with Crippen molar-refractivity contribution in [3.05, 3.63) is 21.4 Å². The van der Waals surface area contributed by atoms with Gasteiger partial charge in [0.15, 0.2) is 0 Å². The fourth-order valence-corrected chi connectivity index (χ4v) is 3.74. The Kier molecular flexibility index (Phi) is 4.81. The van der Waals surface area contributed by atoms with E-state index < -0.39 is 5.97 Å². The summed E-state index contributed by atoms with van der Waals surface area (Å²) in [5.41, 5.74) is 1.89. The number of fused-ring (bicyclic) bond motifs is 1. The number of carbonyl (C=O) groups is 2. The van der Waals surface area contributed by atoms with E-state index >= 15 is 0 Å². The van der Waals surface area contributed by atoms with Gasteiger partial charge in [0, 0.05) is 16.3 Å². The maximum absolute atomic E-state index is 12.7. The molecule has 1 aliphatic rings. The normalized spacial score (nSPS) is 15.5. The minimum Gasteiger partial charge on any atom is -0.480 e. The summed E-state index contributed by atoms with van der Waals surface area (Å²) in [6, 6.07) is -0.0576. The third kappa shape index (κ3) is 3.03. The minimum atomic E-state index is -0.956. The Hall–Kier alpha value is -1.36. The molecule has 0 saturated carbocycles. The van der Waals surface area contributed by atoms with Gasteiger partial charge in [-0.1, -0.05) is 6.92 Å². The number of amides is 1. The first-order chi connectivity index (χ1) is 9.54.